The number of rotatable bonds is 3. The van der Waals surface area contributed by atoms with Gasteiger partial charge < -0.3 is 5.11 Å². The van der Waals surface area contributed by atoms with Gasteiger partial charge in [-0.05, 0) is 25.8 Å². The van der Waals surface area contributed by atoms with Gasteiger partial charge in [0.25, 0.3) is 0 Å². The molecular formula is C12H17NOS. The van der Waals surface area contributed by atoms with Gasteiger partial charge in [0.1, 0.15) is 5.03 Å². The van der Waals surface area contributed by atoms with Gasteiger partial charge in [-0.2, -0.15) is 0 Å². The molecule has 0 unspecified atom stereocenters. The Morgan fingerprint density at radius 1 is 1.47 bits per heavy atom. The number of thioether (sulfide) groups is 1. The molecule has 2 nitrogen and oxygen atoms in total. The van der Waals surface area contributed by atoms with E-state index >= 15 is 0 Å². The number of aliphatic hydroxyl groups excluding tert-OH is 1. The summed E-state index contributed by atoms with van der Waals surface area (Å²) in [6.45, 7) is 1.80. The first-order chi connectivity index (χ1) is 7.27. The Hall–Kier alpha value is -0.540. The molecule has 0 spiro atoms. The van der Waals surface area contributed by atoms with Gasteiger partial charge in [0, 0.05) is 17.0 Å². The lowest BCUT2D eigenvalue weighted by atomic mass is 10.2. The van der Waals surface area contributed by atoms with Crippen molar-refractivity contribution in [2.24, 2.45) is 0 Å². The number of aliphatic hydroxyl groups is 1. The average molecular weight is 223 g/mol. The van der Waals surface area contributed by atoms with Crippen LogP contribution in [0.1, 0.15) is 44.3 Å². The molecule has 0 bridgehead atoms. The SMILES string of the molecule is C[C@@H](O)c1cccnc1SC1CCCC1. The highest BCUT2D eigenvalue weighted by Crippen LogP contribution is 2.36. The zero-order chi connectivity index (χ0) is 10.7. The molecule has 1 aliphatic rings. The third-order valence-corrected chi connectivity index (χ3v) is 4.20. The summed E-state index contributed by atoms with van der Waals surface area (Å²) in [6.07, 6.45) is 6.66. The van der Waals surface area contributed by atoms with Crippen molar-refractivity contribution < 1.29 is 5.11 Å². The van der Waals surface area contributed by atoms with Gasteiger partial charge in [-0.1, -0.05) is 18.9 Å². The van der Waals surface area contributed by atoms with Crippen LogP contribution in [0.2, 0.25) is 0 Å². The Morgan fingerprint density at radius 2 is 2.20 bits per heavy atom. The molecule has 1 N–H and O–H groups in total. The van der Waals surface area contributed by atoms with Crippen LogP contribution in [0.3, 0.4) is 0 Å². The van der Waals surface area contributed by atoms with Crippen LogP contribution in [0.25, 0.3) is 0 Å². The fraction of sp³-hybridized carbons (Fsp3) is 0.583. The van der Waals surface area contributed by atoms with E-state index in [1.807, 2.05) is 30.1 Å². The highest BCUT2D eigenvalue weighted by molar-refractivity contribution is 7.99. The van der Waals surface area contributed by atoms with E-state index in [0.717, 1.165) is 10.6 Å². The summed E-state index contributed by atoms with van der Waals surface area (Å²) in [5.74, 6) is 0. The minimum absolute atomic E-state index is 0.414. The van der Waals surface area contributed by atoms with E-state index in [0.29, 0.717) is 5.25 Å². The third-order valence-electron chi connectivity index (χ3n) is 2.83. The minimum Gasteiger partial charge on any atom is -0.389 e. The summed E-state index contributed by atoms with van der Waals surface area (Å²) >= 11 is 1.84. The highest BCUT2D eigenvalue weighted by Gasteiger charge is 2.19. The van der Waals surface area contributed by atoms with Crippen molar-refractivity contribution in [3.8, 4) is 0 Å². The third kappa shape index (κ3) is 2.73. The Bertz CT molecular complexity index is 321. The van der Waals surface area contributed by atoms with Gasteiger partial charge in [0.05, 0.1) is 6.10 Å². The van der Waals surface area contributed by atoms with Gasteiger partial charge in [0.2, 0.25) is 0 Å². The van der Waals surface area contributed by atoms with Crippen molar-refractivity contribution in [3.63, 3.8) is 0 Å². The van der Waals surface area contributed by atoms with Crippen molar-refractivity contribution in [3.05, 3.63) is 23.9 Å². The molecule has 1 fully saturated rings. The molecule has 82 valence electrons. The molecule has 1 atom stereocenters. The maximum absolute atomic E-state index is 9.63. The molecule has 0 amide bonds. The zero-order valence-corrected chi connectivity index (χ0v) is 9.83. The second kappa shape index (κ2) is 4.99. The zero-order valence-electron chi connectivity index (χ0n) is 9.02. The smallest absolute Gasteiger partial charge is 0.102 e. The Kier molecular flexibility index (Phi) is 3.65. The lowest BCUT2D eigenvalue weighted by Gasteiger charge is -2.13. The largest absolute Gasteiger partial charge is 0.389 e. The van der Waals surface area contributed by atoms with E-state index in [1.54, 1.807) is 6.92 Å². The van der Waals surface area contributed by atoms with Gasteiger partial charge >= 0.3 is 0 Å². The summed E-state index contributed by atoms with van der Waals surface area (Å²) in [5, 5.41) is 11.3. The summed E-state index contributed by atoms with van der Waals surface area (Å²) in [6, 6.07) is 3.86. The quantitative estimate of drug-likeness (QED) is 0.854. The molecule has 0 aromatic carbocycles. The van der Waals surface area contributed by atoms with Gasteiger partial charge in [-0.25, -0.2) is 4.98 Å². The minimum atomic E-state index is -0.414. The van der Waals surface area contributed by atoms with Crippen molar-refractivity contribution in [2.75, 3.05) is 0 Å². The molecule has 1 heterocycles. The molecule has 1 saturated carbocycles. The number of aromatic nitrogens is 1. The van der Waals surface area contributed by atoms with Crippen LogP contribution in [-0.2, 0) is 0 Å². The van der Waals surface area contributed by atoms with Gasteiger partial charge in [-0.15, -0.1) is 11.8 Å². The van der Waals surface area contributed by atoms with E-state index < -0.39 is 6.10 Å². The fourth-order valence-electron chi connectivity index (χ4n) is 1.98. The van der Waals surface area contributed by atoms with Gasteiger partial charge in [0.15, 0.2) is 0 Å². The van der Waals surface area contributed by atoms with E-state index in [4.69, 9.17) is 0 Å². The molecule has 2 rings (SSSR count). The van der Waals surface area contributed by atoms with Crippen molar-refractivity contribution >= 4 is 11.8 Å². The van der Waals surface area contributed by atoms with Gasteiger partial charge in [-0.3, -0.25) is 0 Å². The molecule has 3 heteroatoms. The second-order valence-electron chi connectivity index (χ2n) is 4.10. The monoisotopic (exact) mass is 223 g/mol. The fourth-order valence-corrected chi connectivity index (χ4v) is 3.36. The number of nitrogens with zero attached hydrogens (tertiary/aromatic N) is 1. The van der Waals surface area contributed by atoms with Crippen molar-refractivity contribution in [1.82, 2.24) is 4.98 Å². The van der Waals surface area contributed by atoms with Crippen LogP contribution in [0, 0.1) is 0 Å². The first-order valence-electron chi connectivity index (χ1n) is 5.57. The average Bonchev–Trinajstić information content (AvgIpc) is 2.71. The number of hydrogen-bond acceptors (Lipinski definition) is 3. The summed E-state index contributed by atoms with van der Waals surface area (Å²) in [4.78, 5) is 4.37. The molecule has 0 saturated heterocycles. The Morgan fingerprint density at radius 3 is 2.87 bits per heavy atom. The van der Waals surface area contributed by atoms with Crippen molar-refractivity contribution in [1.29, 1.82) is 0 Å². The van der Waals surface area contributed by atoms with Crippen molar-refractivity contribution in [2.45, 2.75) is 49.0 Å². The van der Waals surface area contributed by atoms with Crippen LogP contribution in [-0.4, -0.2) is 15.3 Å². The molecular weight excluding hydrogens is 206 g/mol. The molecule has 1 aliphatic carbocycles. The summed E-state index contributed by atoms with van der Waals surface area (Å²) < 4.78 is 0. The Labute approximate surface area is 95.1 Å². The second-order valence-corrected chi connectivity index (χ2v) is 5.39. The molecule has 1 aromatic rings. The normalized spacial score (nSPS) is 19.3. The van der Waals surface area contributed by atoms with E-state index in [1.165, 1.54) is 25.7 Å². The maximum atomic E-state index is 9.63. The Balaban J connectivity index is 2.12. The molecule has 15 heavy (non-hydrogen) atoms. The first kappa shape index (κ1) is 11.0. The predicted molar refractivity (Wildman–Crippen MR) is 63.0 cm³/mol. The first-order valence-corrected chi connectivity index (χ1v) is 6.45. The standard InChI is InChI=1S/C12H17NOS/c1-9(14)11-7-4-8-13-12(11)15-10-5-2-3-6-10/h4,7-10,14H,2-3,5-6H2,1H3/t9-/m1/s1. The van der Waals surface area contributed by atoms with Crippen LogP contribution >= 0.6 is 11.8 Å². The van der Waals surface area contributed by atoms with E-state index in [9.17, 15) is 5.11 Å². The molecule has 0 aliphatic heterocycles. The molecule has 1 aromatic heterocycles. The highest BCUT2D eigenvalue weighted by atomic mass is 32.2. The maximum Gasteiger partial charge on any atom is 0.102 e. The summed E-state index contributed by atoms with van der Waals surface area (Å²) in [5.41, 5.74) is 0.967. The lowest BCUT2D eigenvalue weighted by molar-refractivity contribution is 0.195. The molecule has 0 radical (unpaired) electrons. The van der Waals surface area contributed by atoms with E-state index in [2.05, 4.69) is 4.98 Å². The number of pyridine rings is 1. The predicted octanol–water partition coefficient (Wildman–Crippen LogP) is 3.17. The topological polar surface area (TPSA) is 33.1 Å². The summed E-state index contributed by atoms with van der Waals surface area (Å²) in [7, 11) is 0. The van der Waals surface area contributed by atoms with E-state index in [-0.39, 0.29) is 0 Å². The van der Waals surface area contributed by atoms with Crippen LogP contribution in [0.5, 0.6) is 0 Å². The van der Waals surface area contributed by atoms with Crippen LogP contribution < -0.4 is 0 Å². The lowest BCUT2D eigenvalue weighted by Crippen LogP contribution is -2.00. The van der Waals surface area contributed by atoms with Crippen LogP contribution in [0.15, 0.2) is 23.4 Å². The number of hydrogen-bond donors (Lipinski definition) is 1. The van der Waals surface area contributed by atoms with Crippen LogP contribution in [0.4, 0.5) is 0 Å².